The number of nitrogens with one attached hydrogen (secondary N) is 1. The Hall–Kier alpha value is -2.30. The summed E-state index contributed by atoms with van der Waals surface area (Å²) in [4.78, 5) is 30.2. The summed E-state index contributed by atoms with van der Waals surface area (Å²) in [6.45, 7) is 2.10. The number of hydrogen-bond donors (Lipinski definition) is 1. The number of aromatic nitrogens is 1. The fourth-order valence-corrected chi connectivity index (χ4v) is 4.42. The number of carbonyl (C=O) groups excluding carboxylic acids is 1. The minimum atomic E-state index is -0.347. The number of pyridine rings is 1. The zero-order chi connectivity index (χ0) is 16.7. The van der Waals surface area contributed by atoms with E-state index >= 15 is 0 Å². The highest BCUT2D eigenvalue weighted by Crippen LogP contribution is 2.40. The second kappa shape index (κ2) is 5.96. The van der Waals surface area contributed by atoms with Crippen molar-refractivity contribution < 1.29 is 9.21 Å². The number of hydrogen-bond acceptors (Lipinski definition) is 3. The lowest BCUT2D eigenvalue weighted by molar-refractivity contribution is 0.0631. The number of fused-ring (bicyclic) bond motifs is 1. The number of carbonyl (C=O) groups is 1. The molecule has 5 heteroatoms. The molecule has 24 heavy (non-hydrogen) atoms. The third-order valence-corrected chi connectivity index (χ3v) is 5.51. The number of likely N-dealkylation sites (tertiary alicyclic amines) is 1. The average Bonchev–Trinajstić information content (AvgIpc) is 3.21. The van der Waals surface area contributed by atoms with E-state index in [1.54, 1.807) is 30.5 Å². The maximum absolute atomic E-state index is 13.0. The molecular weight excluding hydrogens is 304 g/mol. The molecule has 4 rings (SSSR count). The SMILES string of the molecule is C[C@@H]1C[C@@H]2CCCC[C@@H]2N1C(=O)c1ccc(-c2ccco2)[nH]c1=O. The molecule has 0 radical (unpaired) electrons. The molecule has 1 saturated carbocycles. The van der Waals surface area contributed by atoms with Crippen LogP contribution in [0.3, 0.4) is 0 Å². The second-order valence-electron chi connectivity index (χ2n) is 7.00. The number of aromatic amines is 1. The van der Waals surface area contributed by atoms with Crippen molar-refractivity contribution in [3.63, 3.8) is 0 Å². The molecule has 1 amide bonds. The van der Waals surface area contributed by atoms with Crippen molar-refractivity contribution in [2.24, 2.45) is 5.92 Å². The summed E-state index contributed by atoms with van der Waals surface area (Å²) in [6.07, 6.45) is 7.30. The second-order valence-corrected chi connectivity index (χ2v) is 7.00. The van der Waals surface area contributed by atoms with Gasteiger partial charge in [0.05, 0.1) is 12.0 Å². The molecule has 1 aliphatic heterocycles. The number of amides is 1. The summed E-state index contributed by atoms with van der Waals surface area (Å²) < 4.78 is 5.30. The lowest BCUT2D eigenvalue weighted by Crippen LogP contribution is -2.44. The molecule has 3 heterocycles. The van der Waals surface area contributed by atoms with Crippen LogP contribution in [-0.2, 0) is 0 Å². The zero-order valence-corrected chi connectivity index (χ0v) is 13.8. The third-order valence-electron chi connectivity index (χ3n) is 5.51. The summed E-state index contributed by atoms with van der Waals surface area (Å²) in [7, 11) is 0. The van der Waals surface area contributed by atoms with Gasteiger partial charge in [0.1, 0.15) is 11.3 Å². The highest BCUT2D eigenvalue weighted by atomic mass is 16.3. The molecule has 1 aliphatic carbocycles. The van der Waals surface area contributed by atoms with Crippen LogP contribution >= 0.6 is 0 Å². The molecule has 0 aromatic carbocycles. The fourth-order valence-electron chi connectivity index (χ4n) is 4.42. The fraction of sp³-hybridized carbons (Fsp3) is 0.474. The Morgan fingerprint density at radius 3 is 2.83 bits per heavy atom. The topological polar surface area (TPSA) is 66.3 Å². The lowest BCUT2D eigenvalue weighted by Gasteiger charge is -2.33. The van der Waals surface area contributed by atoms with Gasteiger partial charge >= 0.3 is 0 Å². The Morgan fingerprint density at radius 1 is 1.25 bits per heavy atom. The molecule has 2 aromatic rings. The van der Waals surface area contributed by atoms with E-state index in [0.29, 0.717) is 23.4 Å². The van der Waals surface area contributed by atoms with E-state index in [9.17, 15) is 9.59 Å². The Kier molecular flexibility index (Phi) is 3.79. The molecule has 5 nitrogen and oxygen atoms in total. The predicted molar refractivity (Wildman–Crippen MR) is 90.8 cm³/mol. The van der Waals surface area contributed by atoms with E-state index in [0.717, 1.165) is 12.8 Å². The van der Waals surface area contributed by atoms with Crippen LogP contribution in [0.5, 0.6) is 0 Å². The highest BCUT2D eigenvalue weighted by Gasteiger charge is 2.43. The van der Waals surface area contributed by atoms with E-state index in [-0.39, 0.29) is 23.1 Å². The monoisotopic (exact) mass is 326 g/mol. The first-order valence-corrected chi connectivity index (χ1v) is 8.75. The van der Waals surface area contributed by atoms with Crippen molar-refractivity contribution in [2.75, 3.05) is 0 Å². The Bertz CT molecular complexity index is 793. The van der Waals surface area contributed by atoms with Gasteiger partial charge in [0.25, 0.3) is 11.5 Å². The van der Waals surface area contributed by atoms with Gasteiger partial charge in [-0.15, -0.1) is 0 Å². The van der Waals surface area contributed by atoms with Crippen LogP contribution in [0, 0.1) is 5.92 Å². The summed E-state index contributed by atoms with van der Waals surface area (Å²) in [6, 6.07) is 7.42. The smallest absolute Gasteiger partial charge is 0.261 e. The maximum Gasteiger partial charge on any atom is 0.261 e. The van der Waals surface area contributed by atoms with Crippen LogP contribution in [0.15, 0.2) is 39.7 Å². The minimum absolute atomic E-state index is 0.135. The molecule has 1 saturated heterocycles. The van der Waals surface area contributed by atoms with E-state index in [4.69, 9.17) is 4.42 Å². The van der Waals surface area contributed by atoms with Crippen LogP contribution in [0.4, 0.5) is 0 Å². The first-order chi connectivity index (χ1) is 11.6. The van der Waals surface area contributed by atoms with Crippen molar-refractivity contribution >= 4 is 5.91 Å². The molecule has 126 valence electrons. The van der Waals surface area contributed by atoms with Gasteiger partial charge in [0.15, 0.2) is 0 Å². The van der Waals surface area contributed by atoms with Gasteiger partial charge in [0, 0.05) is 12.1 Å². The quantitative estimate of drug-likeness (QED) is 0.919. The van der Waals surface area contributed by atoms with Crippen molar-refractivity contribution in [2.45, 2.75) is 51.1 Å². The lowest BCUT2D eigenvalue weighted by atomic mass is 9.85. The molecular formula is C19H22N2O3. The molecule has 1 N–H and O–H groups in total. The van der Waals surface area contributed by atoms with Gasteiger partial charge in [-0.3, -0.25) is 9.59 Å². The summed E-state index contributed by atoms with van der Waals surface area (Å²) in [5, 5.41) is 0. The summed E-state index contributed by atoms with van der Waals surface area (Å²) in [5.74, 6) is 1.05. The maximum atomic E-state index is 13.0. The van der Waals surface area contributed by atoms with Crippen molar-refractivity contribution in [3.8, 4) is 11.5 Å². The minimum Gasteiger partial charge on any atom is -0.463 e. The van der Waals surface area contributed by atoms with Crippen LogP contribution in [0.25, 0.3) is 11.5 Å². The van der Waals surface area contributed by atoms with Crippen molar-refractivity contribution in [3.05, 3.63) is 46.4 Å². The van der Waals surface area contributed by atoms with E-state index in [1.807, 2.05) is 4.90 Å². The van der Waals surface area contributed by atoms with Gasteiger partial charge in [-0.25, -0.2) is 0 Å². The van der Waals surface area contributed by atoms with Crippen LogP contribution in [0.1, 0.15) is 49.4 Å². The molecule has 0 unspecified atom stereocenters. The van der Waals surface area contributed by atoms with Gasteiger partial charge in [-0.1, -0.05) is 12.8 Å². The van der Waals surface area contributed by atoms with Gasteiger partial charge < -0.3 is 14.3 Å². The zero-order valence-electron chi connectivity index (χ0n) is 13.8. The molecule has 0 bridgehead atoms. The Labute approximate surface area is 140 Å². The Balaban J connectivity index is 1.63. The molecule has 0 spiro atoms. The number of furan rings is 1. The highest BCUT2D eigenvalue weighted by molar-refractivity contribution is 5.94. The molecule has 2 fully saturated rings. The largest absolute Gasteiger partial charge is 0.463 e. The van der Waals surface area contributed by atoms with Gasteiger partial charge in [0.2, 0.25) is 0 Å². The van der Waals surface area contributed by atoms with Crippen molar-refractivity contribution in [1.82, 2.24) is 9.88 Å². The van der Waals surface area contributed by atoms with Crippen LogP contribution < -0.4 is 5.56 Å². The van der Waals surface area contributed by atoms with Crippen molar-refractivity contribution in [1.29, 1.82) is 0 Å². The van der Waals surface area contributed by atoms with Crippen LogP contribution in [0.2, 0.25) is 0 Å². The molecule has 3 atom stereocenters. The first kappa shape index (κ1) is 15.2. The number of rotatable bonds is 2. The van der Waals surface area contributed by atoms with Gasteiger partial charge in [-0.05, 0) is 56.4 Å². The normalized spacial score (nSPS) is 26.4. The Morgan fingerprint density at radius 2 is 2.08 bits per heavy atom. The van der Waals surface area contributed by atoms with E-state index in [2.05, 4.69) is 11.9 Å². The summed E-state index contributed by atoms with van der Waals surface area (Å²) in [5.41, 5.74) is 0.468. The first-order valence-electron chi connectivity index (χ1n) is 8.75. The third kappa shape index (κ3) is 2.48. The standard InChI is InChI=1S/C19H22N2O3/c1-12-11-13-5-2-3-6-16(13)21(12)19(23)14-8-9-15(20-18(14)22)17-7-4-10-24-17/h4,7-10,12-13,16H,2-3,5-6,11H2,1H3,(H,20,22)/t12-,13+,16+/m1/s1. The van der Waals surface area contributed by atoms with Crippen LogP contribution in [-0.4, -0.2) is 27.9 Å². The average molecular weight is 326 g/mol. The molecule has 2 aromatic heterocycles. The summed E-state index contributed by atoms with van der Waals surface area (Å²) >= 11 is 0. The number of H-pyrrole nitrogens is 1. The van der Waals surface area contributed by atoms with Gasteiger partial charge in [-0.2, -0.15) is 0 Å². The van der Waals surface area contributed by atoms with E-state index < -0.39 is 0 Å². The molecule has 2 aliphatic rings. The van der Waals surface area contributed by atoms with E-state index in [1.165, 1.54) is 19.3 Å². The predicted octanol–water partition coefficient (Wildman–Crippen LogP) is 3.43. The number of nitrogens with zero attached hydrogens (tertiary/aromatic N) is 1.